The number of aromatic nitrogens is 5. The van der Waals surface area contributed by atoms with E-state index in [1.54, 1.807) is 11.7 Å². The molecule has 6 nitrogen and oxygen atoms in total. The molecule has 0 unspecified atom stereocenters. The summed E-state index contributed by atoms with van der Waals surface area (Å²) in [6, 6.07) is 0. The van der Waals surface area contributed by atoms with E-state index in [0.29, 0.717) is 16.5 Å². The summed E-state index contributed by atoms with van der Waals surface area (Å²) in [5.41, 5.74) is 6.02. The fourth-order valence-electron chi connectivity index (χ4n) is 1.05. The standard InChI is InChI=1S/C7H7ClN6/c1-14-7(12-3-13-14)5-4(8)6(9)11-2-10-5/h2-3H,1H3,(H2,9,10,11). The van der Waals surface area contributed by atoms with Crippen molar-refractivity contribution in [1.29, 1.82) is 0 Å². The van der Waals surface area contributed by atoms with E-state index in [2.05, 4.69) is 20.1 Å². The smallest absolute Gasteiger partial charge is 0.178 e. The lowest BCUT2D eigenvalue weighted by molar-refractivity contribution is 0.771. The Bertz CT molecular complexity index is 465. The second kappa shape index (κ2) is 3.22. The maximum Gasteiger partial charge on any atom is 0.178 e. The molecular formula is C7H7ClN6. The first-order chi connectivity index (χ1) is 6.70. The number of nitrogens with two attached hydrogens (primary N) is 1. The SMILES string of the molecule is Cn1ncnc1-c1ncnc(N)c1Cl. The van der Waals surface area contributed by atoms with Crippen molar-refractivity contribution in [2.45, 2.75) is 0 Å². The molecule has 0 aliphatic heterocycles. The third-order valence-corrected chi connectivity index (χ3v) is 2.11. The molecule has 0 saturated carbocycles. The summed E-state index contributed by atoms with van der Waals surface area (Å²) in [4.78, 5) is 11.8. The highest BCUT2D eigenvalue weighted by Gasteiger charge is 2.12. The highest BCUT2D eigenvalue weighted by molar-refractivity contribution is 6.35. The zero-order valence-electron chi connectivity index (χ0n) is 7.35. The molecule has 2 aromatic heterocycles. The molecule has 0 saturated heterocycles. The van der Waals surface area contributed by atoms with E-state index in [-0.39, 0.29) is 5.82 Å². The third-order valence-electron chi connectivity index (χ3n) is 1.74. The molecule has 0 atom stereocenters. The Hall–Kier alpha value is -1.69. The van der Waals surface area contributed by atoms with Gasteiger partial charge >= 0.3 is 0 Å². The highest BCUT2D eigenvalue weighted by Crippen LogP contribution is 2.26. The maximum atomic E-state index is 5.93. The van der Waals surface area contributed by atoms with Crippen LogP contribution in [-0.2, 0) is 7.05 Å². The Kier molecular flexibility index (Phi) is 2.05. The lowest BCUT2D eigenvalue weighted by atomic mass is 10.3. The Balaban J connectivity index is 2.63. The highest BCUT2D eigenvalue weighted by atomic mass is 35.5. The molecule has 2 aromatic rings. The van der Waals surface area contributed by atoms with E-state index in [1.807, 2.05) is 0 Å². The summed E-state index contributed by atoms with van der Waals surface area (Å²) in [6.07, 6.45) is 2.76. The quantitative estimate of drug-likeness (QED) is 0.742. The van der Waals surface area contributed by atoms with Crippen molar-refractivity contribution < 1.29 is 0 Å². The summed E-state index contributed by atoms with van der Waals surface area (Å²) in [5, 5.41) is 4.20. The van der Waals surface area contributed by atoms with Crippen molar-refractivity contribution in [1.82, 2.24) is 24.7 Å². The minimum absolute atomic E-state index is 0.236. The lowest BCUT2D eigenvalue weighted by Crippen LogP contribution is -2.00. The molecule has 2 N–H and O–H groups in total. The number of hydrogen-bond acceptors (Lipinski definition) is 5. The molecule has 0 spiro atoms. The molecule has 0 radical (unpaired) electrons. The van der Waals surface area contributed by atoms with Gasteiger partial charge in [0.15, 0.2) is 5.82 Å². The molecule has 2 heterocycles. The summed E-state index contributed by atoms with van der Waals surface area (Å²) in [6.45, 7) is 0. The van der Waals surface area contributed by atoms with Gasteiger partial charge in [-0.2, -0.15) is 5.10 Å². The first kappa shape index (κ1) is 8.89. The first-order valence-corrected chi connectivity index (χ1v) is 4.18. The Morgan fingerprint density at radius 1 is 1.29 bits per heavy atom. The third kappa shape index (κ3) is 1.29. The van der Waals surface area contributed by atoms with Crippen LogP contribution in [0.15, 0.2) is 12.7 Å². The van der Waals surface area contributed by atoms with Gasteiger partial charge in [0.05, 0.1) is 0 Å². The molecular weight excluding hydrogens is 204 g/mol. The van der Waals surface area contributed by atoms with Gasteiger partial charge in [0, 0.05) is 7.05 Å². The van der Waals surface area contributed by atoms with Gasteiger partial charge in [0.1, 0.15) is 29.2 Å². The second-order valence-corrected chi connectivity index (χ2v) is 3.01. The largest absolute Gasteiger partial charge is 0.382 e. The van der Waals surface area contributed by atoms with Crippen LogP contribution in [-0.4, -0.2) is 24.7 Å². The molecule has 72 valence electrons. The number of anilines is 1. The molecule has 0 fully saturated rings. The molecule has 0 aliphatic rings. The summed E-state index contributed by atoms with van der Waals surface area (Å²) >= 11 is 5.93. The van der Waals surface area contributed by atoms with Gasteiger partial charge in [-0.15, -0.1) is 0 Å². The Labute approximate surface area is 84.8 Å². The second-order valence-electron chi connectivity index (χ2n) is 2.63. The van der Waals surface area contributed by atoms with Crippen molar-refractivity contribution in [2.75, 3.05) is 5.73 Å². The monoisotopic (exact) mass is 210 g/mol. The average Bonchev–Trinajstić information content (AvgIpc) is 2.57. The van der Waals surface area contributed by atoms with Crippen LogP contribution in [0, 0.1) is 0 Å². The minimum Gasteiger partial charge on any atom is -0.382 e. The topological polar surface area (TPSA) is 82.5 Å². The minimum atomic E-state index is 0.236. The number of hydrogen-bond donors (Lipinski definition) is 1. The number of nitrogens with zero attached hydrogens (tertiary/aromatic N) is 5. The fraction of sp³-hybridized carbons (Fsp3) is 0.143. The van der Waals surface area contributed by atoms with Gasteiger partial charge in [0.2, 0.25) is 0 Å². The van der Waals surface area contributed by atoms with E-state index in [4.69, 9.17) is 17.3 Å². The Morgan fingerprint density at radius 2 is 2.07 bits per heavy atom. The number of aryl methyl sites for hydroxylation is 1. The van der Waals surface area contributed by atoms with E-state index < -0.39 is 0 Å². The average molecular weight is 211 g/mol. The van der Waals surface area contributed by atoms with E-state index in [1.165, 1.54) is 12.7 Å². The van der Waals surface area contributed by atoms with Gasteiger partial charge in [-0.25, -0.2) is 19.6 Å². The van der Waals surface area contributed by atoms with Crippen LogP contribution in [0.4, 0.5) is 5.82 Å². The van der Waals surface area contributed by atoms with Gasteiger partial charge in [0.25, 0.3) is 0 Å². The molecule has 7 heteroatoms. The Morgan fingerprint density at radius 3 is 2.71 bits per heavy atom. The molecule has 0 bridgehead atoms. The number of halogens is 1. The summed E-state index contributed by atoms with van der Waals surface area (Å²) < 4.78 is 1.56. The van der Waals surface area contributed by atoms with Crippen LogP contribution in [0.1, 0.15) is 0 Å². The molecule has 2 rings (SSSR count). The van der Waals surface area contributed by atoms with E-state index in [0.717, 1.165) is 0 Å². The van der Waals surface area contributed by atoms with Gasteiger partial charge < -0.3 is 5.73 Å². The number of nitrogen functional groups attached to an aromatic ring is 1. The zero-order chi connectivity index (χ0) is 10.1. The normalized spacial score (nSPS) is 10.4. The lowest BCUT2D eigenvalue weighted by Gasteiger charge is -2.02. The summed E-state index contributed by atoms with van der Waals surface area (Å²) in [5.74, 6) is 0.795. The predicted molar refractivity (Wildman–Crippen MR) is 51.5 cm³/mol. The van der Waals surface area contributed by atoms with Crippen LogP contribution < -0.4 is 5.73 Å². The summed E-state index contributed by atoms with van der Waals surface area (Å²) in [7, 11) is 1.75. The van der Waals surface area contributed by atoms with Crippen LogP contribution in [0.2, 0.25) is 5.02 Å². The predicted octanol–water partition coefficient (Wildman–Crippen LogP) is 0.508. The van der Waals surface area contributed by atoms with Crippen molar-refractivity contribution in [3.05, 3.63) is 17.7 Å². The van der Waals surface area contributed by atoms with Crippen LogP contribution in [0.5, 0.6) is 0 Å². The van der Waals surface area contributed by atoms with E-state index in [9.17, 15) is 0 Å². The number of rotatable bonds is 1. The zero-order valence-corrected chi connectivity index (χ0v) is 8.10. The molecule has 0 aliphatic carbocycles. The fourth-order valence-corrected chi connectivity index (χ4v) is 1.23. The van der Waals surface area contributed by atoms with Crippen LogP contribution >= 0.6 is 11.6 Å². The van der Waals surface area contributed by atoms with E-state index >= 15 is 0 Å². The van der Waals surface area contributed by atoms with Gasteiger partial charge in [-0.3, -0.25) is 0 Å². The molecule has 0 aromatic carbocycles. The van der Waals surface area contributed by atoms with Crippen LogP contribution in [0.25, 0.3) is 11.5 Å². The maximum absolute atomic E-state index is 5.93. The first-order valence-electron chi connectivity index (χ1n) is 3.80. The molecule has 0 amide bonds. The van der Waals surface area contributed by atoms with Crippen LogP contribution in [0.3, 0.4) is 0 Å². The van der Waals surface area contributed by atoms with Crippen molar-refractivity contribution in [3.63, 3.8) is 0 Å². The molecule has 14 heavy (non-hydrogen) atoms. The van der Waals surface area contributed by atoms with Gasteiger partial charge in [-0.1, -0.05) is 11.6 Å². The van der Waals surface area contributed by atoms with Crippen molar-refractivity contribution in [2.24, 2.45) is 7.05 Å². The van der Waals surface area contributed by atoms with Gasteiger partial charge in [-0.05, 0) is 0 Å². The van der Waals surface area contributed by atoms with Crippen molar-refractivity contribution >= 4 is 17.4 Å². The van der Waals surface area contributed by atoms with Crippen molar-refractivity contribution in [3.8, 4) is 11.5 Å².